The molecule has 2 N–H and O–H groups in total. The fourth-order valence-electron chi connectivity index (χ4n) is 3.34. The number of amides is 1. The zero-order valence-corrected chi connectivity index (χ0v) is 16.2. The summed E-state index contributed by atoms with van der Waals surface area (Å²) >= 11 is 0. The SMILES string of the molecule is CN=C(NCc1ccccc1OC1CCC1)NC1CCN(C(=O)OC)CC1. The van der Waals surface area contributed by atoms with Crippen molar-refractivity contribution in [2.75, 3.05) is 27.2 Å². The number of benzene rings is 1. The number of nitrogens with zero attached hydrogens (tertiary/aromatic N) is 2. The van der Waals surface area contributed by atoms with Gasteiger partial charge in [0.2, 0.25) is 0 Å². The van der Waals surface area contributed by atoms with Crippen LogP contribution in [0.25, 0.3) is 0 Å². The Morgan fingerprint density at radius 3 is 2.59 bits per heavy atom. The standard InChI is InChI=1S/C20H30N4O3/c1-21-19(23-16-10-12-24(13-11-16)20(25)26-2)22-14-15-6-3-4-9-18(15)27-17-7-5-8-17/h3-4,6,9,16-17H,5,7-8,10-14H2,1-2H3,(H2,21,22,23). The summed E-state index contributed by atoms with van der Waals surface area (Å²) in [6.45, 7) is 2.04. The summed E-state index contributed by atoms with van der Waals surface area (Å²) in [6.07, 6.45) is 5.41. The van der Waals surface area contributed by atoms with Gasteiger partial charge in [-0.05, 0) is 38.2 Å². The Hall–Kier alpha value is -2.44. The van der Waals surface area contributed by atoms with Crippen molar-refractivity contribution in [1.82, 2.24) is 15.5 Å². The van der Waals surface area contributed by atoms with Crippen LogP contribution in [0.3, 0.4) is 0 Å². The van der Waals surface area contributed by atoms with Gasteiger partial charge >= 0.3 is 6.09 Å². The molecule has 0 aromatic heterocycles. The van der Waals surface area contributed by atoms with Crippen molar-refractivity contribution < 1.29 is 14.3 Å². The molecular weight excluding hydrogens is 344 g/mol. The molecule has 1 saturated carbocycles. The first-order valence-electron chi connectivity index (χ1n) is 9.74. The van der Waals surface area contributed by atoms with Gasteiger partial charge < -0.3 is 25.0 Å². The highest BCUT2D eigenvalue weighted by molar-refractivity contribution is 5.80. The molecule has 1 heterocycles. The number of carbonyl (C=O) groups excluding carboxylic acids is 1. The molecule has 0 spiro atoms. The van der Waals surface area contributed by atoms with Gasteiger partial charge in [-0.15, -0.1) is 0 Å². The average Bonchev–Trinajstić information content (AvgIpc) is 2.68. The largest absolute Gasteiger partial charge is 0.490 e. The minimum atomic E-state index is -0.251. The van der Waals surface area contributed by atoms with Crippen LogP contribution in [0.2, 0.25) is 0 Å². The van der Waals surface area contributed by atoms with Crippen LogP contribution in [-0.4, -0.2) is 56.3 Å². The second-order valence-electron chi connectivity index (χ2n) is 7.08. The number of likely N-dealkylation sites (tertiary alicyclic amines) is 1. The number of aliphatic imine (C=N–C) groups is 1. The van der Waals surface area contributed by atoms with Gasteiger partial charge in [-0.25, -0.2) is 4.79 Å². The van der Waals surface area contributed by atoms with E-state index in [4.69, 9.17) is 9.47 Å². The van der Waals surface area contributed by atoms with Gasteiger partial charge in [-0.2, -0.15) is 0 Å². The maximum atomic E-state index is 11.6. The molecule has 0 bridgehead atoms. The lowest BCUT2D eigenvalue weighted by Gasteiger charge is -2.32. The lowest BCUT2D eigenvalue weighted by Crippen LogP contribution is -2.49. The predicted molar refractivity (Wildman–Crippen MR) is 105 cm³/mol. The van der Waals surface area contributed by atoms with E-state index in [1.165, 1.54) is 13.5 Å². The molecule has 1 aromatic carbocycles. The second kappa shape index (κ2) is 9.48. The van der Waals surface area contributed by atoms with E-state index in [-0.39, 0.29) is 6.09 Å². The average molecular weight is 374 g/mol. The molecule has 7 nitrogen and oxygen atoms in total. The fourth-order valence-corrected chi connectivity index (χ4v) is 3.34. The van der Waals surface area contributed by atoms with Crippen molar-refractivity contribution in [1.29, 1.82) is 0 Å². The molecule has 27 heavy (non-hydrogen) atoms. The second-order valence-corrected chi connectivity index (χ2v) is 7.08. The maximum absolute atomic E-state index is 11.6. The summed E-state index contributed by atoms with van der Waals surface area (Å²) < 4.78 is 10.9. The lowest BCUT2D eigenvalue weighted by atomic mass is 9.96. The van der Waals surface area contributed by atoms with Crippen molar-refractivity contribution in [3.05, 3.63) is 29.8 Å². The minimum absolute atomic E-state index is 0.251. The van der Waals surface area contributed by atoms with E-state index in [2.05, 4.69) is 21.7 Å². The number of piperidine rings is 1. The van der Waals surface area contributed by atoms with Crippen LogP contribution >= 0.6 is 0 Å². The number of ether oxygens (including phenoxy) is 2. The molecule has 3 rings (SSSR count). The summed E-state index contributed by atoms with van der Waals surface area (Å²) in [4.78, 5) is 17.7. The van der Waals surface area contributed by atoms with Gasteiger partial charge in [0.15, 0.2) is 5.96 Å². The van der Waals surface area contributed by atoms with Gasteiger partial charge in [0.05, 0.1) is 13.2 Å². The first kappa shape index (κ1) is 19.3. The minimum Gasteiger partial charge on any atom is -0.490 e. The summed E-state index contributed by atoms with van der Waals surface area (Å²) in [5.41, 5.74) is 1.13. The molecule has 1 aliphatic carbocycles. The van der Waals surface area contributed by atoms with E-state index < -0.39 is 0 Å². The van der Waals surface area contributed by atoms with E-state index >= 15 is 0 Å². The van der Waals surface area contributed by atoms with Gasteiger partial charge in [0.1, 0.15) is 5.75 Å². The molecular formula is C20H30N4O3. The van der Waals surface area contributed by atoms with Crippen molar-refractivity contribution >= 4 is 12.1 Å². The number of guanidine groups is 1. The highest BCUT2D eigenvalue weighted by Crippen LogP contribution is 2.27. The third-order valence-electron chi connectivity index (χ3n) is 5.26. The lowest BCUT2D eigenvalue weighted by molar-refractivity contribution is 0.111. The number of hydrogen-bond donors (Lipinski definition) is 2. The molecule has 1 saturated heterocycles. The number of carbonyl (C=O) groups is 1. The Kier molecular flexibility index (Phi) is 6.79. The molecule has 2 fully saturated rings. The number of hydrogen-bond acceptors (Lipinski definition) is 4. The van der Waals surface area contributed by atoms with Crippen LogP contribution in [0.1, 0.15) is 37.7 Å². The topological polar surface area (TPSA) is 75.2 Å². The normalized spacial score (nSPS) is 18.6. The Balaban J connectivity index is 1.48. The molecule has 1 aromatic rings. The number of nitrogens with one attached hydrogen (secondary N) is 2. The predicted octanol–water partition coefficient (Wildman–Crippen LogP) is 2.51. The zero-order valence-electron chi connectivity index (χ0n) is 16.2. The van der Waals surface area contributed by atoms with Crippen LogP contribution in [0.15, 0.2) is 29.3 Å². The number of methoxy groups -OCH3 is 1. The molecule has 1 aliphatic heterocycles. The van der Waals surface area contributed by atoms with Crippen molar-refractivity contribution in [3.63, 3.8) is 0 Å². The van der Waals surface area contributed by atoms with E-state index in [0.717, 1.165) is 43.0 Å². The molecule has 2 aliphatic rings. The van der Waals surface area contributed by atoms with E-state index in [0.29, 0.717) is 31.8 Å². The Morgan fingerprint density at radius 1 is 1.22 bits per heavy atom. The molecule has 0 atom stereocenters. The van der Waals surface area contributed by atoms with Gasteiger partial charge in [-0.3, -0.25) is 4.99 Å². The summed E-state index contributed by atoms with van der Waals surface area (Å²) in [5.74, 6) is 1.72. The van der Waals surface area contributed by atoms with Crippen molar-refractivity contribution in [3.8, 4) is 5.75 Å². The molecule has 148 valence electrons. The van der Waals surface area contributed by atoms with E-state index in [1.54, 1.807) is 11.9 Å². The quantitative estimate of drug-likeness (QED) is 0.612. The highest BCUT2D eigenvalue weighted by Gasteiger charge is 2.24. The van der Waals surface area contributed by atoms with Gasteiger partial charge in [-0.1, -0.05) is 18.2 Å². The van der Waals surface area contributed by atoms with E-state index in [9.17, 15) is 4.79 Å². The van der Waals surface area contributed by atoms with Gasteiger partial charge in [0, 0.05) is 38.3 Å². The maximum Gasteiger partial charge on any atom is 0.409 e. The van der Waals surface area contributed by atoms with Crippen LogP contribution in [-0.2, 0) is 11.3 Å². The number of para-hydroxylation sites is 1. The molecule has 0 radical (unpaired) electrons. The highest BCUT2D eigenvalue weighted by atomic mass is 16.5. The van der Waals surface area contributed by atoms with Crippen LogP contribution in [0.5, 0.6) is 5.75 Å². The van der Waals surface area contributed by atoms with Gasteiger partial charge in [0.25, 0.3) is 0 Å². The van der Waals surface area contributed by atoms with Crippen LogP contribution in [0.4, 0.5) is 4.79 Å². The summed E-state index contributed by atoms with van der Waals surface area (Å²) in [7, 11) is 3.20. The third-order valence-corrected chi connectivity index (χ3v) is 5.26. The number of rotatable bonds is 5. The molecule has 0 unspecified atom stereocenters. The molecule has 1 amide bonds. The van der Waals surface area contributed by atoms with Crippen molar-refractivity contribution in [2.24, 2.45) is 4.99 Å². The smallest absolute Gasteiger partial charge is 0.409 e. The van der Waals surface area contributed by atoms with E-state index in [1.807, 2.05) is 18.2 Å². The summed E-state index contributed by atoms with van der Waals surface area (Å²) in [5, 5.41) is 6.84. The van der Waals surface area contributed by atoms with Crippen molar-refractivity contribution in [2.45, 2.75) is 50.8 Å². The summed E-state index contributed by atoms with van der Waals surface area (Å²) in [6, 6.07) is 8.46. The molecule has 7 heteroatoms. The van der Waals surface area contributed by atoms with Crippen LogP contribution in [0, 0.1) is 0 Å². The Morgan fingerprint density at radius 2 is 1.96 bits per heavy atom. The fraction of sp³-hybridized carbons (Fsp3) is 0.600. The zero-order chi connectivity index (χ0) is 19.1. The Labute approximate surface area is 161 Å². The monoisotopic (exact) mass is 374 g/mol. The third kappa shape index (κ3) is 5.28. The first-order chi connectivity index (χ1) is 13.2. The van der Waals surface area contributed by atoms with Crippen LogP contribution < -0.4 is 15.4 Å². The first-order valence-corrected chi connectivity index (χ1v) is 9.74. The Bertz CT molecular complexity index is 652.